The number of ether oxygens (including phenoxy) is 1. The molecule has 0 aromatic heterocycles. The van der Waals surface area contributed by atoms with Crippen LogP contribution in [0, 0.1) is 5.92 Å². The summed E-state index contributed by atoms with van der Waals surface area (Å²) in [5.74, 6) is 0.920. The first-order valence-corrected chi connectivity index (χ1v) is 7.09. The molecule has 3 nitrogen and oxygen atoms in total. The average molecular weight is 240 g/mol. The van der Waals surface area contributed by atoms with Crippen molar-refractivity contribution in [3.8, 4) is 0 Å². The number of likely N-dealkylation sites (tertiary alicyclic amines) is 1. The second-order valence-corrected chi connectivity index (χ2v) is 6.36. The van der Waals surface area contributed by atoms with Gasteiger partial charge in [-0.15, -0.1) is 0 Å². The minimum absolute atomic E-state index is 0.352. The number of hydrogen-bond acceptors (Lipinski definition) is 3. The average Bonchev–Trinajstić information content (AvgIpc) is 2.33. The molecule has 0 N–H and O–H groups in total. The Morgan fingerprint density at radius 2 is 1.65 bits per heavy atom. The molecule has 100 valence electrons. The van der Waals surface area contributed by atoms with Crippen molar-refractivity contribution in [2.45, 2.75) is 38.6 Å². The fourth-order valence-corrected chi connectivity index (χ4v) is 3.27. The maximum Gasteiger partial charge on any atom is 0.0594 e. The van der Waals surface area contributed by atoms with Crippen LogP contribution in [-0.4, -0.2) is 61.8 Å². The summed E-state index contributed by atoms with van der Waals surface area (Å²) < 4.78 is 5.45. The quantitative estimate of drug-likeness (QED) is 0.748. The number of rotatable bonds is 3. The minimum atomic E-state index is 0.352. The van der Waals surface area contributed by atoms with Crippen molar-refractivity contribution >= 4 is 0 Å². The van der Waals surface area contributed by atoms with Crippen molar-refractivity contribution in [3.63, 3.8) is 0 Å². The van der Waals surface area contributed by atoms with Crippen molar-refractivity contribution in [1.29, 1.82) is 0 Å². The summed E-state index contributed by atoms with van der Waals surface area (Å²) >= 11 is 0. The van der Waals surface area contributed by atoms with E-state index in [4.69, 9.17) is 4.74 Å². The van der Waals surface area contributed by atoms with Crippen LogP contribution >= 0.6 is 0 Å². The van der Waals surface area contributed by atoms with Crippen LogP contribution in [0.25, 0.3) is 0 Å². The van der Waals surface area contributed by atoms with Gasteiger partial charge >= 0.3 is 0 Å². The molecule has 0 bridgehead atoms. The second-order valence-electron chi connectivity index (χ2n) is 6.36. The fourth-order valence-electron chi connectivity index (χ4n) is 3.27. The summed E-state index contributed by atoms with van der Waals surface area (Å²) in [7, 11) is 2.24. The van der Waals surface area contributed by atoms with Gasteiger partial charge in [-0.25, -0.2) is 0 Å². The molecule has 0 amide bonds. The van der Waals surface area contributed by atoms with Crippen LogP contribution in [0.15, 0.2) is 0 Å². The first-order valence-electron chi connectivity index (χ1n) is 7.09. The summed E-state index contributed by atoms with van der Waals surface area (Å²) in [4.78, 5) is 5.08. The molecule has 17 heavy (non-hydrogen) atoms. The molecule has 0 aromatic rings. The Balaban J connectivity index is 1.83. The topological polar surface area (TPSA) is 15.7 Å². The van der Waals surface area contributed by atoms with E-state index in [1.165, 1.54) is 32.4 Å². The molecule has 2 saturated heterocycles. The molecule has 3 heteroatoms. The Morgan fingerprint density at radius 3 is 2.24 bits per heavy atom. The van der Waals surface area contributed by atoms with Gasteiger partial charge in [0.1, 0.15) is 0 Å². The molecule has 0 unspecified atom stereocenters. The molecule has 2 rings (SSSR count). The van der Waals surface area contributed by atoms with Gasteiger partial charge < -0.3 is 9.64 Å². The Morgan fingerprint density at radius 1 is 1.06 bits per heavy atom. The van der Waals surface area contributed by atoms with Gasteiger partial charge in [-0.1, -0.05) is 0 Å². The van der Waals surface area contributed by atoms with Crippen LogP contribution in [0.1, 0.15) is 33.1 Å². The van der Waals surface area contributed by atoms with Crippen LogP contribution in [0.2, 0.25) is 0 Å². The van der Waals surface area contributed by atoms with Crippen LogP contribution in [-0.2, 0) is 4.74 Å². The molecule has 0 spiro atoms. The lowest BCUT2D eigenvalue weighted by atomic mass is 9.83. The third kappa shape index (κ3) is 3.67. The largest absolute Gasteiger partial charge is 0.379 e. The van der Waals surface area contributed by atoms with E-state index in [9.17, 15) is 0 Å². The molecule has 2 aliphatic heterocycles. The lowest BCUT2D eigenvalue weighted by molar-refractivity contribution is -0.0208. The molecule has 2 aliphatic rings. The van der Waals surface area contributed by atoms with Gasteiger partial charge in [0.2, 0.25) is 0 Å². The summed E-state index contributed by atoms with van der Waals surface area (Å²) in [5, 5.41) is 0. The lowest BCUT2D eigenvalue weighted by Gasteiger charge is -2.44. The first kappa shape index (κ1) is 13.3. The minimum Gasteiger partial charge on any atom is -0.379 e. The SMILES string of the molecule is CN1CCC(CC(C)(C)N2CCOCC2)CC1. The van der Waals surface area contributed by atoms with E-state index in [0.717, 1.165) is 32.2 Å². The van der Waals surface area contributed by atoms with Gasteiger partial charge in [0.05, 0.1) is 13.2 Å². The standard InChI is InChI=1S/C14H28N2O/c1-14(2,16-8-10-17-11-9-16)12-13-4-6-15(3)7-5-13/h13H,4-12H2,1-3H3. The fraction of sp³-hybridized carbons (Fsp3) is 1.00. The zero-order valence-electron chi connectivity index (χ0n) is 11.7. The number of morpholine rings is 1. The van der Waals surface area contributed by atoms with E-state index in [1.807, 2.05) is 0 Å². The number of hydrogen-bond donors (Lipinski definition) is 0. The van der Waals surface area contributed by atoms with Crippen molar-refractivity contribution in [2.75, 3.05) is 46.4 Å². The molecule has 0 aromatic carbocycles. The first-order chi connectivity index (χ1) is 8.08. The van der Waals surface area contributed by atoms with E-state index in [-0.39, 0.29) is 0 Å². The van der Waals surface area contributed by atoms with E-state index in [1.54, 1.807) is 0 Å². The van der Waals surface area contributed by atoms with Gasteiger partial charge in [-0.05, 0) is 59.2 Å². The predicted molar refractivity (Wildman–Crippen MR) is 71.3 cm³/mol. The molecule has 0 radical (unpaired) electrons. The van der Waals surface area contributed by atoms with E-state index >= 15 is 0 Å². The molecule has 2 heterocycles. The third-order valence-corrected chi connectivity index (χ3v) is 4.49. The predicted octanol–water partition coefficient (Wildman–Crippen LogP) is 1.83. The van der Waals surface area contributed by atoms with Gasteiger partial charge in [0.25, 0.3) is 0 Å². The van der Waals surface area contributed by atoms with E-state index in [2.05, 4.69) is 30.7 Å². The van der Waals surface area contributed by atoms with Crippen molar-refractivity contribution in [2.24, 2.45) is 5.92 Å². The molecule has 0 aliphatic carbocycles. The van der Waals surface area contributed by atoms with Crippen molar-refractivity contribution < 1.29 is 4.74 Å². The summed E-state index contributed by atoms with van der Waals surface area (Å²) in [6, 6.07) is 0. The Kier molecular flexibility index (Phi) is 4.45. The number of piperidine rings is 1. The highest BCUT2D eigenvalue weighted by Gasteiger charge is 2.31. The maximum absolute atomic E-state index is 5.45. The van der Waals surface area contributed by atoms with Gasteiger partial charge in [-0.2, -0.15) is 0 Å². The zero-order valence-corrected chi connectivity index (χ0v) is 11.7. The lowest BCUT2D eigenvalue weighted by Crippen LogP contribution is -2.51. The Hall–Kier alpha value is -0.120. The van der Waals surface area contributed by atoms with Gasteiger partial charge in [0.15, 0.2) is 0 Å². The monoisotopic (exact) mass is 240 g/mol. The Labute approximate surface area is 106 Å². The Bertz CT molecular complexity index is 228. The smallest absolute Gasteiger partial charge is 0.0594 e. The summed E-state index contributed by atoms with van der Waals surface area (Å²) in [5.41, 5.74) is 0.352. The second kappa shape index (κ2) is 5.68. The van der Waals surface area contributed by atoms with E-state index in [0.29, 0.717) is 5.54 Å². The zero-order chi connectivity index (χ0) is 12.3. The highest BCUT2D eigenvalue weighted by Crippen LogP contribution is 2.30. The maximum atomic E-state index is 5.45. The van der Waals surface area contributed by atoms with Crippen molar-refractivity contribution in [3.05, 3.63) is 0 Å². The van der Waals surface area contributed by atoms with Crippen molar-refractivity contribution in [1.82, 2.24) is 9.80 Å². The molecule has 0 saturated carbocycles. The molecular weight excluding hydrogens is 212 g/mol. The van der Waals surface area contributed by atoms with Crippen LogP contribution in [0.4, 0.5) is 0 Å². The normalized spacial score (nSPS) is 26.3. The number of nitrogens with zero attached hydrogens (tertiary/aromatic N) is 2. The third-order valence-electron chi connectivity index (χ3n) is 4.49. The molecular formula is C14H28N2O. The van der Waals surface area contributed by atoms with Gasteiger partial charge in [-0.3, -0.25) is 4.90 Å². The van der Waals surface area contributed by atoms with Crippen LogP contribution in [0.3, 0.4) is 0 Å². The highest BCUT2D eigenvalue weighted by molar-refractivity contribution is 4.87. The highest BCUT2D eigenvalue weighted by atomic mass is 16.5. The summed E-state index contributed by atoms with van der Waals surface area (Å²) in [6.45, 7) is 11.4. The summed E-state index contributed by atoms with van der Waals surface area (Å²) in [6.07, 6.45) is 4.11. The molecule has 0 atom stereocenters. The van der Waals surface area contributed by atoms with E-state index < -0.39 is 0 Å². The molecule has 2 fully saturated rings. The van der Waals surface area contributed by atoms with Gasteiger partial charge in [0, 0.05) is 18.6 Å². The van der Waals surface area contributed by atoms with Crippen LogP contribution < -0.4 is 0 Å². The van der Waals surface area contributed by atoms with Crippen LogP contribution in [0.5, 0.6) is 0 Å².